The van der Waals surface area contributed by atoms with Gasteiger partial charge < -0.3 is 11.1 Å². The SMILES string of the molecule is CCCc1[nH]nc(C(=O)NC2CCC(C)(C)C2)c1N. The summed E-state index contributed by atoms with van der Waals surface area (Å²) in [5.74, 6) is -0.154. The summed E-state index contributed by atoms with van der Waals surface area (Å²) in [5.41, 5.74) is 7.98. The molecule has 106 valence electrons. The summed E-state index contributed by atoms with van der Waals surface area (Å²) < 4.78 is 0. The molecular formula is C14H24N4O. The van der Waals surface area contributed by atoms with E-state index in [9.17, 15) is 4.79 Å². The summed E-state index contributed by atoms with van der Waals surface area (Å²) in [5, 5.41) is 9.96. The van der Waals surface area contributed by atoms with Gasteiger partial charge in [0.05, 0.1) is 11.4 Å². The molecule has 1 amide bonds. The van der Waals surface area contributed by atoms with Crippen molar-refractivity contribution >= 4 is 11.6 Å². The van der Waals surface area contributed by atoms with Crippen LogP contribution in [-0.4, -0.2) is 22.1 Å². The number of nitrogens with two attached hydrogens (primary N) is 1. The van der Waals surface area contributed by atoms with Crippen molar-refractivity contribution in [1.29, 1.82) is 0 Å². The summed E-state index contributed by atoms with van der Waals surface area (Å²) in [6.45, 7) is 6.55. The fraction of sp³-hybridized carbons (Fsp3) is 0.714. The normalized spacial score (nSPS) is 21.5. The molecule has 2 rings (SSSR count). The molecule has 0 saturated heterocycles. The molecule has 0 bridgehead atoms. The van der Waals surface area contributed by atoms with Crippen molar-refractivity contribution in [2.45, 2.75) is 58.9 Å². The van der Waals surface area contributed by atoms with Gasteiger partial charge >= 0.3 is 0 Å². The largest absolute Gasteiger partial charge is 0.395 e. The van der Waals surface area contributed by atoms with Gasteiger partial charge in [-0.2, -0.15) is 5.10 Å². The number of amides is 1. The van der Waals surface area contributed by atoms with Gasteiger partial charge in [-0.3, -0.25) is 9.89 Å². The number of nitrogens with one attached hydrogen (secondary N) is 2. The second kappa shape index (κ2) is 5.23. The maximum absolute atomic E-state index is 12.2. The van der Waals surface area contributed by atoms with Gasteiger partial charge in [0, 0.05) is 6.04 Å². The Kier molecular flexibility index (Phi) is 3.83. The van der Waals surface area contributed by atoms with Crippen LogP contribution in [0.3, 0.4) is 0 Å². The fourth-order valence-electron chi connectivity index (χ4n) is 2.81. The zero-order valence-electron chi connectivity index (χ0n) is 12.0. The summed E-state index contributed by atoms with van der Waals surface area (Å²) in [4.78, 5) is 12.2. The van der Waals surface area contributed by atoms with Crippen LogP contribution in [0.15, 0.2) is 0 Å². The predicted molar refractivity (Wildman–Crippen MR) is 75.9 cm³/mol. The van der Waals surface area contributed by atoms with Crippen LogP contribution in [0.2, 0.25) is 0 Å². The molecule has 0 aromatic carbocycles. The molecule has 0 aliphatic heterocycles. The number of nitrogen functional groups attached to an aromatic ring is 1. The van der Waals surface area contributed by atoms with Gasteiger partial charge in [0.2, 0.25) is 0 Å². The maximum atomic E-state index is 12.2. The van der Waals surface area contributed by atoms with Crippen LogP contribution in [0.4, 0.5) is 5.69 Å². The minimum atomic E-state index is -0.154. The molecule has 5 nitrogen and oxygen atoms in total. The third-order valence-corrected chi connectivity index (χ3v) is 3.90. The zero-order chi connectivity index (χ0) is 14.0. The smallest absolute Gasteiger partial charge is 0.274 e. The molecule has 1 aliphatic carbocycles. The highest BCUT2D eigenvalue weighted by Gasteiger charge is 2.32. The van der Waals surface area contributed by atoms with E-state index in [0.29, 0.717) is 16.8 Å². The van der Waals surface area contributed by atoms with Crippen molar-refractivity contribution < 1.29 is 4.79 Å². The van der Waals surface area contributed by atoms with Crippen LogP contribution >= 0.6 is 0 Å². The van der Waals surface area contributed by atoms with Gasteiger partial charge in [0.25, 0.3) is 5.91 Å². The van der Waals surface area contributed by atoms with E-state index in [-0.39, 0.29) is 11.9 Å². The highest BCUT2D eigenvalue weighted by molar-refractivity contribution is 5.97. The van der Waals surface area contributed by atoms with Crippen LogP contribution in [0.25, 0.3) is 0 Å². The number of hydrogen-bond acceptors (Lipinski definition) is 3. The minimum Gasteiger partial charge on any atom is -0.395 e. The predicted octanol–water partition coefficient (Wildman–Crippen LogP) is 2.25. The lowest BCUT2D eigenvalue weighted by Gasteiger charge is -2.17. The molecule has 1 saturated carbocycles. The van der Waals surface area contributed by atoms with Crippen molar-refractivity contribution in [3.63, 3.8) is 0 Å². The number of hydrogen-bond donors (Lipinski definition) is 3. The Balaban J connectivity index is 2.01. The van der Waals surface area contributed by atoms with Crippen molar-refractivity contribution in [2.24, 2.45) is 5.41 Å². The van der Waals surface area contributed by atoms with Crippen molar-refractivity contribution in [1.82, 2.24) is 15.5 Å². The van der Waals surface area contributed by atoms with E-state index in [1.54, 1.807) is 0 Å². The molecule has 5 heteroatoms. The Morgan fingerprint density at radius 1 is 1.58 bits per heavy atom. The highest BCUT2D eigenvalue weighted by Crippen LogP contribution is 2.37. The number of H-pyrrole nitrogens is 1. The molecular weight excluding hydrogens is 240 g/mol. The van der Waals surface area contributed by atoms with E-state index < -0.39 is 0 Å². The number of anilines is 1. The van der Waals surface area contributed by atoms with Gasteiger partial charge in [0.1, 0.15) is 0 Å². The van der Waals surface area contributed by atoms with Crippen molar-refractivity contribution in [2.75, 3.05) is 5.73 Å². The average Bonchev–Trinajstić information content (AvgIpc) is 2.84. The Bertz CT molecular complexity index is 464. The van der Waals surface area contributed by atoms with Gasteiger partial charge in [0.15, 0.2) is 5.69 Å². The van der Waals surface area contributed by atoms with Gasteiger partial charge in [-0.15, -0.1) is 0 Å². The number of carbonyl (C=O) groups is 1. The number of nitrogens with zero attached hydrogens (tertiary/aromatic N) is 1. The maximum Gasteiger partial charge on any atom is 0.274 e. The summed E-state index contributed by atoms with van der Waals surface area (Å²) in [7, 11) is 0. The molecule has 0 radical (unpaired) electrons. The van der Waals surface area contributed by atoms with Crippen LogP contribution in [0.5, 0.6) is 0 Å². The first-order chi connectivity index (χ1) is 8.93. The van der Waals surface area contributed by atoms with Crippen LogP contribution < -0.4 is 11.1 Å². The standard InChI is InChI=1S/C14H24N4O/c1-4-5-10-11(15)12(18-17-10)13(19)16-9-6-7-14(2,3)8-9/h9H,4-8,15H2,1-3H3,(H,16,19)(H,17,18). The first-order valence-corrected chi connectivity index (χ1v) is 7.06. The summed E-state index contributed by atoms with van der Waals surface area (Å²) in [6.07, 6.45) is 5.00. The van der Waals surface area contributed by atoms with Crippen LogP contribution in [0.1, 0.15) is 62.6 Å². The Labute approximate surface area is 114 Å². The third-order valence-electron chi connectivity index (χ3n) is 3.90. The van der Waals surface area contributed by atoms with Crippen LogP contribution in [0, 0.1) is 5.41 Å². The van der Waals surface area contributed by atoms with E-state index in [1.165, 1.54) is 0 Å². The average molecular weight is 264 g/mol. The summed E-state index contributed by atoms with van der Waals surface area (Å²) in [6, 6.07) is 0.244. The third kappa shape index (κ3) is 3.08. The van der Waals surface area contributed by atoms with Crippen molar-refractivity contribution in [3.8, 4) is 0 Å². The molecule has 1 heterocycles. The lowest BCUT2D eigenvalue weighted by Crippen LogP contribution is -2.34. The quantitative estimate of drug-likeness (QED) is 0.780. The van der Waals surface area contributed by atoms with Gasteiger partial charge in [-0.05, 0) is 31.1 Å². The topological polar surface area (TPSA) is 83.8 Å². The molecule has 1 unspecified atom stereocenters. The van der Waals surface area contributed by atoms with E-state index in [1.807, 2.05) is 0 Å². The number of carbonyl (C=O) groups excluding carboxylic acids is 1. The molecule has 1 aromatic rings. The number of aromatic nitrogens is 2. The first kappa shape index (κ1) is 13.9. The summed E-state index contributed by atoms with van der Waals surface area (Å²) >= 11 is 0. The second-order valence-electron chi connectivity index (χ2n) is 6.29. The molecule has 1 aromatic heterocycles. The van der Waals surface area contributed by atoms with Gasteiger partial charge in [-0.1, -0.05) is 27.2 Å². The van der Waals surface area contributed by atoms with E-state index in [2.05, 4.69) is 36.3 Å². The minimum absolute atomic E-state index is 0.154. The first-order valence-electron chi connectivity index (χ1n) is 7.06. The molecule has 1 atom stereocenters. The Hall–Kier alpha value is -1.52. The zero-order valence-corrected chi connectivity index (χ0v) is 12.0. The highest BCUT2D eigenvalue weighted by atomic mass is 16.2. The van der Waals surface area contributed by atoms with Crippen LogP contribution in [-0.2, 0) is 6.42 Å². The molecule has 4 N–H and O–H groups in total. The van der Waals surface area contributed by atoms with E-state index in [0.717, 1.165) is 37.8 Å². The van der Waals surface area contributed by atoms with E-state index >= 15 is 0 Å². The van der Waals surface area contributed by atoms with Crippen molar-refractivity contribution in [3.05, 3.63) is 11.4 Å². The number of aryl methyl sites for hydroxylation is 1. The second-order valence-corrected chi connectivity index (χ2v) is 6.29. The number of aromatic amines is 1. The lowest BCUT2D eigenvalue weighted by molar-refractivity contribution is 0.0932. The monoisotopic (exact) mass is 264 g/mol. The Morgan fingerprint density at radius 2 is 2.32 bits per heavy atom. The fourth-order valence-corrected chi connectivity index (χ4v) is 2.81. The number of rotatable bonds is 4. The molecule has 19 heavy (non-hydrogen) atoms. The molecule has 1 fully saturated rings. The molecule has 0 spiro atoms. The van der Waals surface area contributed by atoms with Gasteiger partial charge in [-0.25, -0.2) is 0 Å². The molecule has 1 aliphatic rings. The lowest BCUT2D eigenvalue weighted by atomic mass is 9.92. The Morgan fingerprint density at radius 3 is 2.89 bits per heavy atom. The van der Waals surface area contributed by atoms with E-state index in [4.69, 9.17) is 5.73 Å².